The van der Waals surface area contributed by atoms with Crippen LogP contribution in [0.25, 0.3) is 11.3 Å². The first-order valence-corrected chi connectivity index (χ1v) is 8.48. The lowest BCUT2D eigenvalue weighted by atomic mass is 10.1. The van der Waals surface area contributed by atoms with Crippen molar-refractivity contribution in [2.45, 2.75) is 19.5 Å². The van der Waals surface area contributed by atoms with Gasteiger partial charge in [0.1, 0.15) is 10.8 Å². The number of benzene rings is 2. The summed E-state index contributed by atoms with van der Waals surface area (Å²) in [4.78, 5) is 4.66. The van der Waals surface area contributed by atoms with Gasteiger partial charge in [0.05, 0.1) is 23.4 Å². The second-order valence-electron chi connectivity index (χ2n) is 5.46. The molecule has 0 aliphatic carbocycles. The Balaban J connectivity index is 1.69. The highest BCUT2D eigenvalue weighted by Crippen LogP contribution is 2.25. The van der Waals surface area contributed by atoms with Gasteiger partial charge in [-0.2, -0.15) is 5.26 Å². The smallest absolute Gasteiger partial charge is 0.127 e. The van der Waals surface area contributed by atoms with Crippen LogP contribution in [-0.4, -0.2) is 4.98 Å². The molecule has 3 aromatic rings. The van der Waals surface area contributed by atoms with Gasteiger partial charge in [0.15, 0.2) is 0 Å². The van der Waals surface area contributed by atoms with Crippen molar-refractivity contribution in [1.82, 2.24) is 10.3 Å². The third-order valence-electron chi connectivity index (χ3n) is 3.74. The first-order valence-electron chi connectivity index (χ1n) is 7.60. The molecule has 0 spiro atoms. The highest BCUT2D eigenvalue weighted by molar-refractivity contribution is 7.10. The number of nitriles is 1. The molecule has 120 valence electrons. The molecule has 2 aromatic carbocycles. The molecule has 0 saturated heterocycles. The van der Waals surface area contributed by atoms with Gasteiger partial charge in [-0.15, -0.1) is 11.3 Å². The van der Waals surface area contributed by atoms with Crippen LogP contribution < -0.4 is 5.32 Å². The summed E-state index contributed by atoms with van der Waals surface area (Å²) in [6, 6.07) is 16.4. The molecular weight excluding hydrogens is 321 g/mol. The predicted octanol–water partition coefficient (Wildman–Crippen LogP) is 4.67. The van der Waals surface area contributed by atoms with Crippen LogP contribution >= 0.6 is 11.3 Å². The van der Waals surface area contributed by atoms with Crippen LogP contribution in [0.4, 0.5) is 4.39 Å². The molecule has 1 heterocycles. The molecule has 0 amide bonds. The Hall–Kier alpha value is -2.55. The minimum absolute atomic E-state index is 0.00222. The number of rotatable bonds is 5. The summed E-state index contributed by atoms with van der Waals surface area (Å²) in [5.41, 5.74) is 2.98. The molecule has 0 fully saturated rings. The van der Waals surface area contributed by atoms with E-state index in [1.165, 1.54) is 12.1 Å². The fourth-order valence-corrected chi connectivity index (χ4v) is 3.22. The second-order valence-corrected chi connectivity index (χ2v) is 6.35. The van der Waals surface area contributed by atoms with Crippen LogP contribution in [-0.2, 0) is 6.54 Å². The van der Waals surface area contributed by atoms with Crippen LogP contribution in [0.15, 0.2) is 53.9 Å². The molecule has 0 aliphatic heterocycles. The quantitative estimate of drug-likeness (QED) is 0.736. The van der Waals surface area contributed by atoms with Crippen molar-refractivity contribution in [2.75, 3.05) is 0 Å². The Morgan fingerprint density at radius 1 is 1.25 bits per heavy atom. The molecular formula is C19H16FN3S. The van der Waals surface area contributed by atoms with E-state index < -0.39 is 0 Å². The lowest BCUT2D eigenvalue weighted by molar-refractivity contribution is 0.542. The van der Waals surface area contributed by atoms with E-state index in [1.807, 2.05) is 48.7 Å². The Kier molecular flexibility index (Phi) is 4.99. The predicted molar refractivity (Wildman–Crippen MR) is 93.9 cm³/mol. The second kappa shape index (κ2) is 7.35. The summed E-state index contributed by atoms with van der Waals surface area (Å²) in [6.07, 6.45) is 0. The fraction of sp³-hybridized carbons (Fsp3) is 0.158. The van der Waals surface area contributed by atoms with Crippen molar-refractivity contribution in [1.29, 1.82) is 5.26 Å². The van der Waals surface area contributed by atoms with E-state index in [1.54, 1.807) is 17.4 Å². The first-order chi connectivity index (χ1) is 11.7. The Labute approximate surface area is 144 Å². The molecule has 3 rings (SSSR count). The first kappa shape index (κ1) is 16.3. The molecule has 24 heavy (non-hydrogen) atoms. The Bertz CT molecular complexity index is 868. The number of nitrogens with one attached hydrogen (secondary N) is 1. The average molecular weight is 337 g/mol. The maximum Gasteiger partial charge on any atom is 0.127 e. The highest BCUT2D eigenvalue weighted by Gasteiger charge is 2.12. The monoisotopic (exact) mass is 337 g/mol. The number of halogens is 1. The summed E-state index contributed by atoms with van der Waals surface area (Å²) in [6.45, 7) is 2.35. The van der Waals surface area contributed by atoms with Gasteiger partial charge in [0, 0.05) is 23.1 Å². The highest BCUT2D eigenvalue weighted by atomic mass is 32.1. The van der Waals surface area contributed by atoms with Crippen LogP contribution in [0.3, 0.4) is 0 Å². The zero-order chi connectivity index (χ0) is 16.9. The third-order valence-corrected chi connectivity index (χ3v) is 4.76. The summed E-state index contributed by atoms with van der Waals surface area (Å²) in [5.74, 6) is -0.308. The van der Waals surface area contributed by atoms with Crippen molar-refractivity contribution < 1.29 is 4.39 Å². The number of aromatic nitrogens is 1. The molecule has 0 aliphatic rings. The van der Waals surface area contributed by atoms with Gasteiger partial charge in [0.2, 0.25) is 0 Å². The normalized spacial score (nSPS) is 11.9. The largest absolute Gasteiger partial charge is 0.304 e. The van der Waals surface area contributed by atoms with E-state index in [0.717, 1.165) is 16.3 Å². The molecule has 0 bridgehead atoms. The molecule has 5 heteroatoms. The van der Waals surface area contributed by atoms with Crippen LogP contribution in [0.1, 0.15) is 29.1 Å². The summed E-state index contributed by atoms with van der Waals surface area (Å²) in [7, 11) is 0. The number of thiazole rings is 1. The van der Waals surface area contributed by atoms with Crippen LogP contribution in [0, 0.1) is 17.1 Å². The maximum atomic E-state index is 13.8. The summed E-state index contributed by atoms with van der Waals surface area (Å²) < 4.78 is 13.8. The fourth-order valence-electron chi connectivity index (χ4n) is 2.36. The molecule has 0 saturated carbocycles. The minimum atomic E-state index is -0.308. The number of hydrogen-bond acceptors (Lipinski definition) is 4. The lowest BCUT2D eigenvalue weighted by Gasteiger charge is -2.12. The van der Waals surface area contributed by atoms with E-state index in [-0.39, 0.29) is 11.9 Å². The van der Waals surface area contributed by atoms with E-state index in [2.05, 4.69) is 10.3 Å². The van der Waals surface area contributed by atoms with E-state index in [4.69, 9.17) is 5.26 Å². The van der Waals surface area contributed by atoms with Gasteiger partial charge in [-0.3, -0.25) is 0 Å². The molecule has 3 nitrogen and oxygen atoms in total. The molecule has 0 unspecified atom stereocenters. The van der Waals surface area contributed by atoms with Crippen molar-refractivity contribution in [2.24, 2.45) is 0 Å². The Morgan fingerprint density at radius 2 is 2.04 bits per heavy atom. The molecule has 1 atom stereocenters. The van der Waals surface area contributed by atoms with Gasteiger partial charge in [-0.05, 0) is 25.1 Å². The molecule has 1 N–H and O–H groups in total. The third kappa shape index (κ3) is 3.67. The van der Waals surface area contributed by atoms with Gasteiger partial charge in [-0.25, -0.2) is 9.37 Å². The summed E-state index contributed by atoms with van der Waals surface area (Å²) in [5, 5.41) is 15.2. The molecule has 0 radical (unpaired) electrons. The Morgan fingerprint density at radius 3 is 2.79 bits per heavy atom. The van der Waals surface area contributed by atoms with Gasteiger partial charge in [0.25, 0.3) is 0 Å². The maximum absolute atomic E-state index is 13.8. The standard InChI is InChI=1S/C19H16FN3S/c1-13(22-11-16-9-14(10-21)7-8-17(16)20)19-23-18(12-24-19)15-5-3-2-4-6-15/h2-9,12-13,22H,11H2,1H3/t13-/m0/s1. The van der Waals surface area contributed by atoms with Crippen molar-refractivity contribution in [3.05, 3.63) is 75.9 Å². The topological polar surface area (TPSA) is 48.7 Å². The van der Waals surface area contributed by atoms with E-state index in [0.29, 0.717) is 17.7 Å². The van der Waals surface area contributed by atoms with Gasteiger partial charge < -0.3 is 5.32 Å². The summed E-state index contributed by atoms with van der Waals surface area (Å²) >= 11 is 1.58. The van der Waals surface area contributed by atoms with Gasteiger partial charge >= 0.3 is 0 Å². The van der Waals surface area contributed by atoms with Crippen molar-refractivity contribution >= 4 is 11.3 Å². The molecule has 1 aromatic heterocycles. The SMILES string of the molecule is C[C@H](NCc1cc(C#N)ccc1F)c1nc(-c2ccccc2)cs1. The number of nitrogens with zero attached hydrogens (tertiary/aromatic N) is 2. The van der Waals surface area contributed by atoms with E-state index >= 15 is 0 Å². The minimum Gasteiger partial charge on any atom is -0.304 e. The zero-order valence-corrected chi connectivity index (χ0v) is 14.0. The lowest BCUT2D eigenvalue weighted by Crippen LogP contribution is -2.18. The average Bonchev–Trinajstić information content (AvgIpc) is 3.12. The van der Waals surface area contributed by atoms with Gasteiger partial charge in [-0.1, -0.05) is 30.3 Å². The van der Waals surface area contributed by atoms with Crippen molar-refractivity contribution in [3.8, 4) is 17.3 Å². The van der Waals surface area contributed by atoms with E-state index in [9.17, 15) is 4.39 Å². The van der Waals surface area contributed by atoms with Crippen LogP contribution in [0.5, 0.6) is 0 Å². The zero-order valence-electron chi connectivity index (χ0n) is 13.2. The van der Waals surface area contributed by atoms with Crippen molar-refractivity contribution in [3.63, 3.8) is 0 Å². The number of hydrogen-bond donors (Lipinski definition) is 1. The van der Waals surface area contributed by atoms with Crippen LogP contribution in [0.2, 0.25) is 0 Å².